The van der Waals surface area contributed by atoms with E-state index in [4.69, 9.17) is 5.73 Å². The molecule has 0 aliphatic carbocycles. The second-order valence-electron chi connectivity index (χ2n) is 3.82. The lowest BCUT2D eigenvalue weighted by molar-refractivity contribution is 0.590. The van der Waals surface area contributed by atoms with Crippen LogP contribution in [0.3, 0.4) is 0 Å². The summed E-state index contributed by atoms with van der Waals surface area (Å²) in [5, 5.41) is 1.07. The van der Waals surface area contributed by atoms with Gasteiger partial charge in [0.25, 0.3) is 5.56 Å². The van der Waals surface area contributed by atoms with Gasteiger partial charge in [0.15, 0.2) is 0 Å². The van der Waals surface area contributed by atoms with Crippen molar-refractivity contribution in [1.29, 1.82) is 0 Å². The molecule has 1 heterocycles. The SMILES string of the molecule is C[C@H](N)Cn1c(=O)ccc2ccccc21. The molecule has 0 aliphatic rings. The van der Waals surface area contributed by atoms with Gasteiger partial charge in [-0.25, -0.2) is 0 Å². The van der Waals surface area contributed by atoms with E-state index >= 15 is 0 Å². The topological polar surface area (TPSA) is 48.0 Å². The summed E-state index contributed by atoms with van der Waals surface area (Å²) in [4.78, 5) is 11.7. The molecule has 0 aliphatic heterocycles. The summed E-state index contributed by atoms with van der Waals surface area (Å²) < 4.78 is 1.72. The van der Waals surface area contributed by atoms with E-state index in [0.717, 1.165) is 10.9 Å². The number of nitrogens with two attached hydrogens (primary N) is 1. The summed E-state index contributed by atoms with van der Waals surface area (Å²) in [5.74, 6) is 0. The third kappa shape index (κ3) is 1.92. The summed E-state index contributed by atoms with van der Waals surface area (Å²) in [6.07, 6.45) is 0. The minimum absolute atomic E-state index is 0.00556. The number of hydrogen-bond donors (Lipinski definition) is 1. The maximum Gasteiger partial charge on any atom is 0.251 e. The lowest BCUT2D eigenvalue weighted by Gasteiger charge is -2.11. The molecule has 0 saturated heterocycles. The summed E-state index contributed by atoms with van der Waals surface area (Å²) in [6.45, 7) is 2.45. The maximum atomic E-state index is 11.7. The Morgan fingerprint density at radius 3 is 2.73 bits per heavy atom. The Labute approximate surface area is 88.1 Å². The van der Waals surface area contributed by atoms with Gasteiger partial charge in [-0.2, -0.15) is 0 Å². The first-order valence-electron chi connectivity index (χ1n) is 5.02. The standard InChI is InChI=1S/C12H14N2O/c1-9(13)8-14-11-5-3-2-4-10(11)6-7-12(14)15/h2-7,9H,8,13H2,1H3/t9-/m0/s1. The second kappa shape index (κ2) is 3.87. The summed E-state index contributed by atoms with van der Waals surface area (Å²) >= 11 is 0. The predicted octanol–water partition coefficient (Wildman–Crippen LogP) is 1.35. The smallest absolute Gasteiger partial charge is 0.251 e. The third-order valence-corrected chi connectivity index (χ3v) is 2.37. The Morgan fingerprint density at radius 1 is 1.27 bits per heavy atom. The maximum absolute atomic E-state index is 11.7. The number of nitrogens with zero attached hydrogens (tertiary/aromatic N) is 1. The number of rotatable bonds is 2. The number of pyridine rings is 1. The van der Waals surface area contributed by atoms with Crippen LogP contribution in [0.5, 0.6) is 0 Å². The number of para-hydroxylation sites is 1. The quantitative estimate of drug-likeness (QED) is 0.799. The van der Waals surface area contributed by atoms with Gasteiger partial charge in [-0.3, -0.25) is 4.79 Å². The Bertz CT molecular complexity index is 528. The lowest BCUT2D eigenvalue weighted by Crippen LogP contribution is -2.29. The highest BCUT2D eigenvalue weighted by molar-refractivity contribution is 5.78. The van der Waals surface area contributed by atoms with Gasteiger partial charge in [-0.15, -0.1) is 0 Å². The van der Waals surface area contributed by atoms with Gasteiger partial charge >= 0.3 is 0 Å². The molecule has 1 aromatic carbocycles. The minimum Gasteiger partial charge on any atom is -0.326 e. The van der Waals surface area contributed by atoms with E-state index < -0.39 is 0 Å². The first kappa shape index (κ1) is 9.93. The average Bonchev–Trinajstić information content (AvgIpc) is 2.22. The second-order valence-corrected chi connectivity index (χ2v) is 3.82. The Hall–Kier alpha value is -1.61. The average molecular weight is 202 g/mol. The van der Waals surface area contributed by atoms with Crippen molar-refractivity contribution < 1.29 is 0 Å². The number of benzene rings is 1. The summed E-state index contributed by atoms with van der Waals surface area (Å²) in [6, 6.07) is 11.2. The highest BCUT2D eigenvalue weighted by Gasteiger charge is 2.03. The van der Waals surface area contributed by atoms with Crippen LogP contribution in [0.15, 0.2) is 41.2 Å². The van der Waals surface area contributed by atoms with Crippen LogP contribution >= 0.6 is 0 Å². The molecule has 3 nitrogen and oxygen atoms in total. The zero-order chi connectivity index (χ0) is 10.8. The molecule has 78 valence electrons. The normalized spacial score (nSPS) is 12.9. The molecular formula is C12H14N2O. The molecule has 2 rings (SSSR count). The van der Waals surface area contributed by atoms with E-state index in [-0.39, 0.29) is 11.6 Å². The van der Waals surface area contributed by atoms with Gasteiger partial charge in [-0.05, 0) is 24.4 Å². The van der Waals surface area contributed by atoms with Gasteiger partial charge in [-0.1, -0.05) is 18.2 Å². The van der Waals surface area contributed by atoms with E-state index in [1.165, 1.54) is 0 Å². The summed E-state index contributed by atoms with van der Waals surface area (Å²) in [7, 11) is 0. The highest BCUT2D eigenvalue weighted by Crippen LogP contribution is 2.10. The van der Waals surface area contributed by atoms with Crippen LogP contribution in [0.1, 0.15) is 6.92 Å². The van der Waals surface area contributed by atoms with Crippen molar-refractivity contribution >= 4 is 10.9 Å². The van der Waals surface area contributed by atoms with Crippen molar-refractivity contribution in [2.45, 2.75) is 19.5 Å². The molecule has 3 heteroatoms. The first-order valence-corrected chi connectivity index (χ1v) is 5.02. The van der Waals surface area contributed by atoms with E-state index in [2.05, 4.69) is 0 Å². The molecule has 0 saturated carbocycles. The van der Waals surface area contributed by atoms with Crippen LogP contribution in [0.2, 0.25) is 0 Å². The van der Waals surface area contributed by atoms with Crippen molar-refractivity contribution in [3.05, 3.63) is 46.8 Å². The largest absolute Gasteiger partial charge is 0.326 e. The van der Waals surface area contributed by atoms with Gasteiger partial charge in [0, 0.05) is 18.7 Å². The van der Waals surface area contributed by atoms with E-state index in [1.807, 2.05) is 37.3 Å². The van der Waals surface area contributed by atoms with Crippen LogP contribution in [0.4, 0.5) is 0 Å². The predicted molar refractivity (Wildman–Crippen MR) is 61.9 cm³/mol. The van der Waals surface area contributed by atoms with Crippen LogP contribution in [0.25, 0.3) is 10.9 Å². The molecule has 0 unspecified atom stereocenters. The van der Waals surface area contributed by atoms with Gasteiger partial charge in [0.05, 0.1) is 5.52 Å². The first-order chi connectivity index (χ1) is 7.18. The van der Waals surface area contributed by atoms with Crippen LogP contribution < -0.4 is 11.3 Å². The lowest BCUT2D eigenvalue weighted by atomic mass is 10.2. The van der Waals surface area contributed by atoms with Crippen molar-refractivity contribution in [3.63, 3.8) is 0 Å². The van der Waals surface area contributed by atoms with Crippen LogP contribution in [0, 0.1) is 0 Å². The number of fused-ring (bicyclic) bond motifs is 1. The molecule has 2 N–H and O–H groups in total. The van der Waals surface area contributed by atoms with Crippen molar-refractivity contribution in [1.82, 2.24) is 4.57 Å². The fraction of sp³-hybridized carbons (Fsp3) is 0.250. The number of hydrogen-bond acceptors (Lipinski definition) is 2. The monoisotopic (exact) mass is 202 g/mol. The molecule has 0 fully saturated rings. The molecule has 0 bridgehead atoms. The van der Waals surface area contributed by atoms with Gasteiger partial charge in [0.1, 0.15) is 0 Å². The van der Waals surface area contributed by atoms with Gasteiger partial charge in [0.2, 0.25) is 0 Å². The Balaban J connectivity index is 2.68. The third-order valence-electron chi connectivity index (χ3n) is 2.37. The van der Waals surface area contributed by atoms with Crippen molar-refractivity contribution in [2.24, 2.45) is 5.73 Å². The molecular weight excluding hydrogens is 188 g/mol. The van der Waals surface area contributed by atoms with Crippen LogP contribution in [-0.2, 0) is 6.54 Å². The zero-order valence-electron chi connectivity index (χ0n) is 8.68. The van der Waals surface area contributed by atoms with Gasteiger partial charge < -0.3 is 10.3 Å². The molecule has 2 aromatic rings. The molecule has 0 amide bonds. The fourth-order valence-corrected chi connectivity index (χ4v) is 1.72. The molecule has 15 heavy (non-hydrogen) atoms. The minimum atomic E-state index is -0.0199. The van der Waals surface area contributed by atoms with Crippen molar-refractivity contribution in [2.75, 3.05) is 0 Å². The molecule has 0 spiro atoms. The molecule has 0 radical (unpaired) electrons. The van der Waals surface area contributed by atoms with Crippen molar-refractivity contribution in [3.8, 4) is 0 Å². The van der Waals surface area contributed by atoms with Crippen LogP contribution in [-0.4, -0.2) is 10.6 Å². The zero-order valence-corrected chi connectivity index (χ0v) is 8.68. The number of aromatic nitrogens is 1. The Morgan fingerprint density at radius 2 is 2.00 bits per heavy atom. The fourth-order valence-electron chi connectivity index (χ4n) is 1.72. The Kier molecular flexibility index (Phi) is 2.56. The van der Waals surface area contributed by atoms with E-state index in [0.29, 0.717) is 6.54 Å². The summed E-state index contributed by atoms with van der Waals surface area (Å²) in [5.41, 5.74) is 6.68. The van der Waals surface area contributed by atoms with E-state index in [9.17, 15) is 4.79 Å². The molecule has 1 atom stereocenters. The molecule has 1 aromatic heterocycles. The van der Waals surface area contributed by atoms with E-state index in [1.54, 1.807) is 10.6 Å². The highest BCUT2D eigenvalue weighted by atomic mass is 16.1.